The van der Waals surface area contributed by atoms with Gasteiger partial charge in [0.25, 0.3) is 0 Å². The van der Waals surface area contributed by atoms with Crippen LogP contribution >= 0.6 is 11.8 Å². The van der Waals surface area contributed by atoms with Gasteiger partial charge in [-0.2, -0.15) is 0 Å². The van der Waals surface area contributed by atoms with E-state index in [1.165, 1.54) is 18.0 Å². The van der Waals surface area contributed by atoms with Crippen molar-refractivity contribution in [3.63, 3.8) is 0 Å². The minimum Gasteiger partial charge on any atom is -0.492 e. The molecular formula is C17H21N3O3S. The Hall–Kier alpha value is -2.28. The first-order chi connectivity index (χ1) is 11.5. The van der Waals surface area contributed by atoms with Crippen molar-refractivity contribution in [1.29, 1.82) is 0 Å². The Balaban J connectivity index is 1.89. The van der Waals surface area contributed by atoms with Crippen molar-refractivity contribution in [2.75, 3.05) is 24.7 Å². The Kier molecular flexibility index (Phi) is 6.43. The summed E-state index contributed by atoms with van der Waals surface area (Å²) in [6, 6.07) is 6.05. The largest absolute Gasteiger partial charge is 0.492 e. The number of hydrogen-bond donors (Lipinski definition) is 1. The number of carbonyl (C=O) groups excluding carboxylic acids is 1. The van der Waals surface area contributed by atoms with E-state index in [1.807, 2.05) is 32.0 Å². The number of aromatic nitrogens is 2. The second-order valence-corrected chi connectivity index (χ2v) is 6.15. The number of thioether (sulfide) groups is 1. The summed E-state index contributed by atoms with van der Waals surface area (Å²) in [4.78, 5) is 19.9. The van der Waals surface area contributed by atoms with Crippen LogP contribution in [0, 0.1) is 13.8 Å². The van der Waals surface area contributed by atoms with Gasteiger partial charge >= 0.3 is 5.97 Å². The third-order valence-electron chi connectivity index (χ3n) is 3.26. The predicted octanol–water partition coefficient (Wildman–Crippen LogP) is 3.02. The summed E-state index contributed by atoms with van der Waals surface area (Å²) in [5.74, 6) is 1.20. The molecule has 7 heteroatoms. The number of esters is 1. The van der Waals surface area contributed by atoms with Crippen molar-refractivity contribution in [1.82, 2.24) is 9.97 Å². The number of nitrogen functional groups attached to an aromatic ring is 1. The van der Waals surface area contributed by atoms with Gasteiger partial charge in [-0.15, -0.1) is 0 Å². The average Bonchev–Trinajstić information content (AvgIpc) is 2.54. The van der Waals surface area contributed by atoms with Crippen LogP contribution in [0.5, 0.6) is 5.75 Å². The molecule has 1 aromatic carbocycles. The van der Waals surface area contributed by atoms with Gasteiger partial charge in [0, 0.05) is 11.9 Å². The molecular weight excluding hydrogens is 326 g/mol. The minimum absolute atomic E-state index is 0.126. The number of aryl methyl sites for hydroxylation is 2. The molecule has 0 atom stereocenters. The second kappa shape index (κ2) is 8.54. The highest BCUT2D eigenvalue weighted by Gasteiger charge is 2.13. The van der Waals surface area contributed by atoms with Crippen molar-refractivity contribution < 1.29 is 14.3 Å². The van der Waals surface area contributed by atoms with Crippen LogP contribution in [0.1, 0.15) is 28.4 Å². The summed E-state index contributed by atoms with van der Waals surface area (Å²) in [6.45, 7) is 6.58. The number of nitrogens with zero attached hydrogens (tertiary/aromatic N) is 2. The number of benzene rings is 1. The Bertz CT molecular complexity index is 702. The Morgan fingerprint density at radius 2 is 2.00 bits per heavy atom. The lowest BCUT2D eigenvalue weighted by molar-refractivity contribution is 0.0526. The van der Waals surface area contributed by atoms with Gasteiger partial charge in [-0.3, -0.25) is 0 Å². The predicted molar refractivity (Wildman–Crippen MR) is 94.5 cm³/mol. The quantitative estimate of drug-likeness (QED) is 0.356. The molecule has 0 aliphatic carbocycles. The van der Waals surface area contributed by atoms with Gasteiger partial charge in [0.05, 0.1) is 13.2 Å². The fourth-order valence-corrected chi connectivity index (χ4v) is 2.76. The Labute approximate surface area is 145 Å². The van der Waals surface area contributed by atoms with Crippen LogP contribution in [0.15, 0.2) is 29.6 Å². The van der Waals surface area contributed by atoms with Crippen LogP contribution in [-0.2, 0) is 4.74 Å². The van der Waals surface area contributed by atoms with E-state index in [1.54, 1.807) is 6.92 Å². The van der Waals surface area contributed by atoms with Gasteiger partial charge in [-0.25, -0.2) is 14.8 Å². The van der Waals surface area contributed by atoms with Crippen LogP contribution in [-0.4, -0.2) is 34.9 Å². The van der Waals surface area contributed by atoms with Gasteiger partial charge in [0.2, 0.25) is 0 Å². The number of rotatable bonds is 7. The zero-order chi connectivity index (χ0) is 17.5. The highest BCUT2D eigenvalue weighted by atomic mass is 32.2. The van der Waals surface area contributed by atoms with E-state index in [2.05, 4.69) is 9.97 Å². The second-order valence-electron chi connectivity index (χ2n) is 5.09. The van der Waals surface area contributed by atoms with Gasteiger partial charge in [-0.05, 0) is 31.9 Å². The molecule has 0 unspecified atom stereocenters. The normalized spacial score (nSPS) is 10.5. The Morgan fingerprint density at radius 1 is 1.29 bits per heavy atom. The van der Waals surface area contributed by atoms with Gasteiger partial charge in [0.1, 0.15) is 17.1 Å². The van der Waals surface area contributed by atoms with Crippen LogP contribution in [0.3, 0.4) is 0 Å². The van der Waals surface area contributed by atoms with Crippen LogP contribution in [0.4, 0.5) is 5.82 Å². The van der Waals surface area contributed by atoms with Crippen molar-refractivity contribution in [3.8, 4) is 5.75 Å². The maximum atomic E-state index is 11.6. The van der Waals surface area contributed by atoms with E-state index in [9.17, 15) is 4.79 Å². The number of para-hydroxylation sites is 1. The highest BCUT2D eigenvalue weighted by molar-refractivity contribution is 7.99. The molecule has 0 saturated heterocycles. The molecule has 2 rings (SSSR count). The summed E-state index contributed by atoms with van der Waals surface area (Å²) < 4.78 is 10.7. The fourth-order valence-electron chi connectivity index (χ4n) is 2.12. The molecule has 1 aromatic heterocycles. The molecule has 0 bridgehead atoms. The number of anilines is 1. The standard InChI is InChI=1S/C17H21N3O3S/c1-4-22-16(21)13-10-19-17(20-15(13)18)24-9-8-23-14-11(2)6-5-7-12(14)3/h5-7,10H,4,8-9H2,1-3H3,(H2,18,19,20). The lowest BCUT2D eigenvalue weighted by Crippen LogP contribution is -2.11. The van der Waals surface area contributed by atoms with Gasteiger partial charge in [-0.1, -0.05) is 30.0 Å². The molecule has 24 heavy (non-hydrogen) atoms. The maximum absolute atomic E-state index is 11.6. The van der Waals surface area contributed by atoms with E-state index in [0.29, 0.717) is 17.5 Å². The number of nitrogens with two attached hydrogens (primary N) is 1. The molecule has 0 spiro atoms. The molecule has 128 valence electrons. The lowest BCUT2D eigenvalue weighted by Gasteiger charge is -2.11. The summed E-state index contributed by atoms with van der Waals surface area (Å²) in [5.41, 5.74) is 8.20. The van der Waals surface area contributed by atoms with Crippen molar-refractivity contribution >= 4 is 23.5 Å². The molecule has 2 N–H and O–H groups in total. The summed E-state index contributed by atoms with van der Waals surface area (Å²) in [6.07, 6.45) is 1.40. The van der Waals surface area contributed by atoms with Crippen molar-refractivity contribution in [2.24, 2.45) is 0 Å². The molecule has 1 heterocycles. The van der Waals surface area contributed by atoms with Crippen LogP contribution in [0.25, 0.3) is 0 Å². The molecule has 6 nitrogen and oxygen atoms in total. The molecule has 0 aliphatic heterocycles. The van der Waals surface area contributed by atoms with E-state index >= 15 is 0 Å². The third-order valence-corrected chi connectivity index (χ3v) is 4.09. The maximum Gasteiger partial charge on any atom is 0.343 e. The fraction of sp³-hybridized carbons (Fsp3) is 0.353. The topological polar surface area (TPSA) is 87.3 Å². The summed E-state index contributed by atoms with van der Waals surface area (Å²) >= 11 is 1.42. The van der Waals surface area contributed by atoms with E-state index in [-0.39, 0.29) is 18.0 Å². The number of carbonyl (C=O) groups is 1. The minimum atomic E-state index is -0.509. The first-order valence-electron chi connectivity index (χ1n) is 7.64. The number of hydrogen-bond acceptors (Lipinski definition) is 7. The first-order valence-corrected chi connectivity index (χ1v) is 8.63. The van der Waals surface area contributed by atoms with Crippen LogP contribution in [0.2, 0.25) is 0 Å². The SMILES string of the molecule is CCOC(=O)c1cnc(SCCOc2c(C)cccc2C)nc1N. The van der Waals surface area contributed by atoms with Gasteiger partial charge in [0.15, 0.2) is 5.16 Å². The molecule has 0 fully saturated rings. The zero-order valence-electron chi connectivity index (χ0n) is 14.0. The van der Waals surface area contributed by atoms with Crippen molar-refractivity contribution in [2.45, 2.75) is 25.9 Å². The molecule has 0 radical (unpaired) electrons. The summed E-state index contributed by atoms with van der Waals surface area (Å²) in [5, 5.41) is 0.505. The third kappa shape index (κ3) is 4.61. The zero-order valence-corrected chi connectivity index (χ0v) is 14.9. The van der Waals surface area contributed by atoms with Gasteiger partial charge < -0.3 is 15.2 Å². The molecule has 2 aromatic rings. The van der Waals surface area contributed by atoms with E-state index in [0.717, 1.165) is 16.9 Å². The van der Waals surface area contributed by atoms with Crippen LogP contribution < -0.4 is 10.5 Å². The van der Waals surface area contributed by atoms with E-state index in [4.69, 9.17) is 15.2 Å². The highest BCUT2D eigenvalue weighted by Crippen LogP contribution is 2.23. The molecule has 0 aliphatic rings. The van der Waals surface area contributed by atoms with Crippen molar-refractivity contribution in [3.05, 3.63) is 41.1 Å². The first kappa shape index (κ1) is 18.1. The Morgan fingerprint density at radius 3 is 2.62 bits per heavy atom. The molecule has 0 amide bonds. The average molecular weight is 347 g/mol. The summed E-state index contributed by atoms with van der Waals surface area (Å²) in [7, 11) is 0. The monoisotopic (exact) mass is 347 g/mol. The lowest BCUT2D eigenvalue weighted by atomic mass is 10.1. The smallest absolute Gasteiger partial charge is 0.343 e. The molecule has 0 saturated carbocycles. The van der Waals surface area contributed by atoms with E-state index < -0.39 is 5.97 Å². The number of ether oxygens (including phenoxy) is 2.